The number of hydrogen-bond acceptors (Lipinski definition) is 2. The summed E-state index contributed by atoms with van der Waals surface area (Å²) in [5, 5.41) is 3.76. The van der Waals surface area contributed by atoms with Gasteiger partial charge in [-0.15, -0.1) is 0 Å². The lowest BCUT2D eigenvalue weighted by Gasteiger charge is -2.12. The zero-order valence-corrected chi connectivity index (χ0v) is 9.08. The van der Waals surface area contributed by atoms with E-state index < -0.39 is 17.6 Å². The van der Waals surface area contributed by atoms with Crippen molar-refractivity contribution < 1.29 is 17.6 Å². The van der Waals surface area contributed by atoms with E-state index in [1.807, 2.05) is 0 Å². The standard InChI is InChI=1S/C11H9F4N3/c12-8-1-2-9(11(13,14)15)7(5-8)6-18-4-3-10(16)17-18/h1-5H,6H2,(H2,16,17). The van der Waals surface area contributed by atoms with Crippen LogP contribution in [0.25, 0.3) is 0 Å². The van der Waals surface area contributed by atoms with Crippen LogP contribution in [0.3, 0.4) is 0 Å². The topological polar surface area (TPSA) is 43.8 Å². The van der Waals surface area contributed by atoms with Crippen molar-refractivity contribution in [3.8, 4) is 0 Å². The number of nitrogens with zero attached hydrogens (tertiary/aromatic N) is 2. The van der Waals surface area contributed by atoms with E-state index in [1.54, 1.807) is 0 Å². The summed E-state index contributed by atoms with van der Waals surface area (Å²) in [6.45, 7) is -0.191. The molecule has 0 aliphatic rings. The van der Waals surface area contributed by atoms with Gasteiger partial charge < -0.3 is 5.73 Å². The van der Waals surface area contributed by atoms with Crippen molar-refractivity contribution in [2.45, 2.75) is 12.7 Å². The minimum atomic E-state index is -4.53. The summed E-state index contributed by atoms with van der Waals surface area (Å²) in [5.41, 5.74) is 4.29. The predicted molar refractivity (Wildman–Crippen MR) is 57.1 cm³/mol. The van der Waals surface area contributed by atoms with Gasteiger partial charge in [0.2, 0.25) is 0 Å². The summed E-state index contributed by atoms with van der Waals surface area (Å²) >= 11 is 0. The number of aromatic nitrogens is 2. The van der Waals surface area contributed by atoms with Crippen LogP contribution in [0, 0.1) is 5.82 Å². The van der Waals surface area contributed by atoms with Crippen LogP contribution in [0.5, 0.6) is 0 Å². The average Bonchev–Trinajstić information content (AvgIpc) is 2.62. The van der Waals surface area contributed by atoms with E-state index in [4.69, 9.17) is 5.73 Å². The van der Waals surface area contributed by atoms with Gasteiger partial charge in [-0.2, -0.15) is 18.3 Å². The van der Waals surface area contributed by atoms with Crippen LogP contribution in [0.2, 0.25) is 0 Å². The largest absolute Gasteiger partial charge is 0.416 e. The minimum Gasteiger partial charge on any atom is -0.382 e. The second kappa shape index (κ2) is 4.32. The smallest absolute Gasteiger partial charge is 0.382 e. The lowest BCUT2D eigenvalue weighted by atomic mass is 10.1. The molecule has 0 bridgehead atoms. The first kappa shape index (κ1) is 12.4. The maximum Gasteiger partial charge on any atom is 0.416 e. The Morgan fingerprint density at radius 3 is 2.50 bits per heavy atom. The highest BCUT2D eigenvalue weighted by Crippen LogP contribution is 2.32. The summed E-state index contributed by atoms with van der Waals surface area (Å²) in [7, 11) is 0. The van der Waals surface area contributed by atoms with Crippen LogP contribution in [0.1, 0.15) is 11.1 Å². The van der Waals surface area contributed by atoms with Crippen LogP contribution in [0.4, 0.5) is 23.4 Å². The summed E-state index contributed by atoms with van der Waals surface area (Å²) in [4.78, 5) is 0. The fraction of sp³-hybridized carbons (Fsp3) is 0.182. The number of rotatable bonds is 2. The molecule has 0 spiro atoms. The molecular formula is C11H9F4N3. The van der Waals surface area contributed by atoms with Crippen LogP contribution in [-0.4, -0.2) is 9.78 Å². The molecule has 2 aromatic rings. The molecule has 2 N–H and O–H groups in total. The van der Waals surface area contributed by atoms with Crippen LogP contribution < -0.4 is 5.73 Å². The third kappa shape index (κ3) is 2.61. The van der Waals surface area contributed by atoms with Gasteiger partial charge in [0.05, 0.1) is 12.1 Å². The normalized spacial score (nSPS) is 11.8. The number of hydrogen-bond donors (Lipinski definition) is 1. The zero-order valence-electron chi connectivity index (χ0n) is 9.08. The number of benzene rings is 1. The molecule has 18 heavy (non-hydrogen) atoms. The number of nitrogen functional groups attached to an aromatic ring is 1. The Balaban J connectivity index is 2.39. The molecule has 96 valence electrons. The van der Waals surface area contributed by atoms with Crippen molar-refractivity contribution in [1.82, 2.24) is 9.78 Å². The Kier molecular flexibility index (Phi) is 2.98. The third-order valence-electron chi connectivity index (χ3n) is 2.37. The Hall–Kier alpha value is -2.05. The number of anilines is 1. The quantitative estimate of drug-likeness (QED) is 0.842. The minimum absolute atomic E-state index is 0.189. The van der Waals surface area contributed by atoms with E-state index in [9.17, 15) is 17.6 Å². The summed E-state index contributed by atoms with van der Waals surface area (Å²) in [5.74, 6) is -0.530. The van der Waals surface area contributed by atoms with E-state index >= 15 is 0 Å². The Bertz CT molecular complexity index is 560. The first-order valence-corrected chi connectivity index (χ1v) is 5.01. The Morgan fingerprint density at radius 2 is 1.94 bits per heavy atom. The number of alkyl halides is 3. The molecule has 7 heteroatoms. The fourth-order valence-corrected chi connectivity index (χ4v) is 1.61. The van der Waals surface area contributed by atoms with Gasteiger partial charge in [0.1, 0.15) is 11.6 Å². The number of nitrogens with two attached hydrogens (primary N) is 1. The summed E-state index contributed by atoms with van der Waals surface area (Å²) < 4.78 is 52.4. The fourth-order valence-electron chi connectivity index (χ4n) is 1.61. The van der Waals surface area contributed by atoms with Crippen molar-refractivity contribution >= 4 is 5.82 Å². The molecule has 3 nitrogen and oxygen atoms in total. The molecule has 0 aliphatic carbocycles. The zero-order chi connectivity index (χ0) is 13.3. The first-order chi connectivity index (χ1) is 8.36. The molecule has 2 rings (SSSR count). The van der Waals surface area contributed by atoms with Gasteiger partial charge in [-0.05, 0) is 29.8 Å². The van der Waals surface area contributed by atoms with Crippen LogP contribution in [-0.2, 0) is 12.7 Å². The first-order valence-electron chi connectivity index (χ1n) is 5.01. The molecule has 0 aliphatic heterocycles. The monoisotopic (exact) mass is 259 g/mol. The molecule has 0 atom stereocenters. The molecular weight excluding hydrogens is 250 g/mol. The molecule has 0 amide bonds. The van der Waals surface area contributed by atoms with Gasteiger partial charge in [-0.25, -0.2) is 4.39 Å². The van der Waals surface area contributed by atoms with E-state index in [1.165, 1.54) is 16.9 Å². The van der Waals surface area contributed by atoms with E-state index in [0.717, 1.165) is 18.2 Å². The number of halogens is 4. The van der Waals surface area contributed by atoms with Gasteiger partial charge in [-0.3, -0.25) is 4.68 Å². The molecule has 0 saturated heterocycles. The van der Waals surface area contributed by atoms with Crippen LogP contribution in [0.15, 0.2) is 30.5 Å². The lowest BCUT2D eigenvalue weighted by Crippen LogP contribution is -2.12. The highest BCUT2D eigenvalue weighted by Gasteiger charge is 2.33. The van der Waals surface area contributed by atoms with Crippen molar-refractivity contribution in [3.63, 3.8) is 0 Å². The van der Waals surface area contributed by atoms with Crippen LogP contribution >= 0.6 is 0 Å². The molecule has 0 unspecified atom stereocenters. The van der Waals surface area contributed by atoms with E-state index in [-0.39, 0.29) is 17.9 Å². The molecule has 1 aromatic heterocycles. The highest BCUT2D eigenvalue weighted by atomic mass is 19.4. The molecule has 0 fully saturated rings. The Labute approximate surface area is 99.8 Å². The molecule has 1 heterocycles. The highest BCUT2D eigenvalue weighted by molar-refractivity contribution is 5.31. The Morgan fingerprint density at radius 1 is 1.22 bits per heavy atom. The predicted octanol–water partition coefficient (Wildman–Crippen LogP) is 2.67. The van der Waals surface area contributed by atoms with E-state index in [0.29, 0.717) is 0 Å². The van der Waals surface area contributed by atoms with Gasteiger partial charge in [-0.1, -0.05) is 0 Å². The van der Waals surface area contributed by atoms with Gasteiger partial charge in [0.25, 0.3) is 0 Å². The van der Waals surface area contributed by atoms with Crippen molar-refractivity contribution in [1.29, 1.82) is 0 Å². The molecule has 1 aromatic carbocycles. The van der Waals surface area contributed by atoms with Gasteiger partial charge >= 0.3 is 6.18 Å². The van der Waals surface area contributed by atoms with Gasteiger partial charge in [0, 0.05) is 6.20 Å². The lowest BCUT2D eigenvalue weighted by molar-refractivity contribution is -0.138. The van der Waals surface area contributed by atoms with Crippen molar-refractivity contribution in [2.75, 3.05) is 5.73 Å². The second-order valence-corrected chi connectivity index (χ2v) is 3.74. The average molecular weight is 259 g/mol. The van der Waals surface area contributed by atoms with E-state index in [2.05, 4.69) is 5.10 Å². The van der Waals surface area contributed by atoms with Crippen molar-refractivity contribution in [2.24, 2.45) is 0 Å². The maximum atomic E-state index is 13.0. The van der Waals surface area contributed by atoms with Gasteiger partial charge in [0.15, 0.2) is 0 Å². The third-order valence-corrected chi connectivity index (χ3v) is 2.37. The SMILES string of the molecule is Nc1ccn(Cc2cc(F)ccc2C(F)(F)F)n1. The summed E-state index contributed by atoms with van der Waals surface area (Å²) in [6.07, 6.45) is -3.10. The maximum absolute atomic E-state index is 13.0. The molecule has 0 saturated carbocycles. The molecule has 0 radical (unpaired) electrons. The summed E-state index contributed by atoms with van der Waals surface area (Å²) in [6, 6.07) is 3.80. The van der Waals surface area contributed by atoms with Crippen molar-refractivity contribution in [3.05, 3.63) is 47.4 Å². The second-order valence-electron chi connectivity index (χ2n) is 3.74.